The molecule has 0 radical (unpaired) electrons. The number of alkyl halides is 3. The number of esters is 1. The van der Waals surface area contributed by atoms with Crippen LogP contribution in [0.25, 0.3) is 0 Å². The maximum atomic E-state index is 12.6. The molecule has 1 aromatic rings. The number of carbonyl (C=O) groups is 2. The first-order chi connectivity index (χ1) is 12.7. The molecule has 27 heavy (non-hydrogen) atoms. The minimum Gasteiger partial charge on any atom is -0.469 e. The Labute approximate surface area is 155 Å². The second kappa shape index (κ2) is 9.07. The summed E-state index contributed by atoms with van der Waals surface area (Å²) in [4.78, 5) is 24.3. The lowest BCUT2D eigenvalue weighted by Gasteiger charge is -2.23. The first-order valence-electron chi connectivity index (χ1n) is 8.66. The summed E-state index contributed by atoms with van der Waals surface area (Å²) in [5.41, 5.74) is 6.19. The van der Waals surface area contributed by atoms with Crippen molar-refractivity contribution >= 4 is 11.9 Å². The summed E-state index contributed by atoms with van der Waals surface area (Å²) < 4.78 is 45.3. The first kappa shape index (κ1) is 21.0. The smallest absolute Gasteiger partial charge is 0.469 e. The van der Waals surface area contributed by atoms with Crippen LogP contribution in [0.4, 0.5) is 13.2 Å². The van der Waals surface area contributed by atoms with Gasteiger partial charge in [0.1, 0.15) is 5.75 Å². The fourth-order valence-electron chi connectivity index (χ4n) is 3.35. The minimum atomic E-state index is -4.79. The summed E-state index contributed by atoms with van der Waals surface area (Å²) in [5, 5.41) is 2.81. The van der Waals surface area contributed by atoms with E-state index < -0.39 is 18.4 Å². The van der Waals surface area contributed by atoms with Gasteiger partial charge in [0.25, 0.3) is 0 Å². The van der Waals surface area contributed by atoms with E-state index in [1.54, 1.807) is 0 Å². The molecule has 1 fully saturated rings. The van der Waals surface area contributed by atoms with Crippen LogP contribution in [0.15, 0.2) is 24.3 Å². The summed E-state index contributed by atoms with van der Waals surface area (Å²) >= 11 is 0. The molecule has 3 N–H and O–H groups in total. The average molecular weight is 388 g/mol. The van der Waals surface area contributed by atoms with Crippen molar-refractivity contribution in [1.29, 1.82) is 0 Å². The van der Waals surface area contributed by atoms with Gasteiger partial charge < -0.3 is 20.5 Å². The predicted molar refractivity (Wildman–Crippen MR) is 90.5 cm³/mol. The summed E-state index contributed by atoms with van der Waals surface area (Å²) in [6.07, 6.45) is -2.43. The lowest BCUT2D eigenvalue weighted by molar-refractivity contribution is -0.274. The van der Waals surface area contributed by atoms with Crippen LogP contribution in [0, 0.1) is 11.8 Å². The summed E-state index contributed by atoms with van der Waals surface area (Å²) in [7, 11) is 1.23. The highest BCUT2D eigenvalue weighted by Crippen LogP contribution is 2.32. The summed E-state index contributed by atoms with van der Waals surface area (Å²) in [6.45, 7) is 0.406. The first-order valence-corrected chi connectivity index (χ1v) is 8.66. The largest absolute Gasteiger partial charge is 0.573 e. The Hall–Kier alpha value is -2.29. The normalized spacial score (nSPS) is 20.8. The third kappa shape index (κ3) is 6.13. The molecule has 0 aromatic heterocycles. The van der Waals surface area contributed by atoms with E-state index in [1.165, 1.54) is 19.2 Å². The average Bonchev–Trinajstić information content (AvgIpc) is 3.09. The fraction of sp³-hybridized carbons (Fsp3) is 0.556. The van der Waals surface area contributed by atoms with Gasteiger partial charge in [-0.2, -0.15) is 0 Å². The van der Waals surface area contributed by atoms with Crippen molar-refractivity contribution in [3.05, 3.63) is 29.8 Å². The predicted octanol–water partition coefficient (Wildman–Crippen LogP) is 2.68. The molecular formula is C18H23F3N2O4. The SMILES string of the molecule is COC(=O)CC(NC(=O)[C@@H]1CCC[C@@H]1CN)c1ccc(OC(F)(F)F)cc1. The molecule has 9 heteroatoms. The Balaban J connectivity index is 2.14. The Kier molecular flexibility index (Phi) is 7.06. The van der Waals surface area contributed by atoms with E-state index in [0.717, 1.165) is 31.4 Å². The van der Waals surface area contributed by atoms with Gasteiger partial charge in [-0.3, -0.25) is 9.59 Å². The van der Waals surface area contributed by atoms with Crippen LogP contribution >= 0.6 is 0 Å². The molecule has 0 heterocycles. The molecule has 1 aliphatic carbocycles. The van der Waals surface area contributed by atoms with Gasteiger partial charge >= 0.3 is 12.3 Å². The van der Waals surface area contributed by atoms with Gasteiger partial charge in [0, 0.05) is 5.92 Å². The standard InChI is InChI=1S/C18H23F3N2O4/c1-26-16(24)9-15(23-17(25)14-4-2-3-12(14)10-22)11-5-7-13(8-6-11)27-18(19,20)21/h5-8,12,14-15H,2-4,9-10,22H2,1H3,(H,23,25)/t12-,14-,15?/m1/s1. The molecule has 1 aromatic carbocycles. The number of nitrogens with one attached hydrogen (secondary N) is 1. The number of hydrogen-bond donors (Lipinski definition) is 2. The topological polar surface area (TPSA) is 90.7 Å². The molecule has 6 nitrogen and oxygen atoms in total. The third-order valence-electron chi connectivity index (χ3n) is 4.73. The molecule has 0 saturated heterocycles. The van der Waals surface area contributed by atoms with E-state index in [2.05, 4.69) is 14.8 Å². The molecule has 0 spiro atoms. The zero-order chi connectivity index (χ0) is 20.0. The van der Waals surface area contributed by atoms with Crippen LogP contribution in [0.2, 0.25) is 0 Å². The molecule has 0 aliphatic heterocycles. The van der Waals surface area contributed by atoms with Crippen molar-refractivity contribution < 1.29 is 32.2 Å². The Bertz CT molecular complexity index is 649. The molecule has 150 valence electrons. The van der Waals surface area contributed by atoms with E-state index >= 15 is 0 Å². The van der Waals surface area contributed by atoms with Gasteiger partial charge in [-0.1, -0.05) is 18.6 Å². The van der Waals surface area contributed by atoms with Crippen LogP contribution in [0.1, 0.15) is 37.3 Å². The van der Waals surface area contributed by atoms with Crippen LogP contribution in [0.5, 0.6) is 5.75 Å². The Morgan fingerprint density at radius 2 is 1.93 bits per heavy atom. The number of rotatable bonds is 7. The number of methoxy groups -OCH3 is 1. The van der Waals surface area contributed by atoms with Gasteiger partial charge in [0.2, 0.25) is 5.91 Å². The third-order valence-corrected chi connectivity index (χ3v) is 4.73. The summed E-state index contributed by atoms with van der Waals surface area (Å²) in [5.74, 6) is -1.28. The van der Waals surface area contributed by atoms with Gasteiger partial charge in [0.05, 0.1) is 19.6 Å². The number of halogens is 3. The second-order valence-corrected chi connectivity index (χ2v) is 6.49. The van der Waals surface area contributed by atoms with Crippen LogP contribution < -0.4 is 15.8 Å². The van der Waals surface area contributed by atoms with Crippen molar-refractivity contribution in [2.45, 2.75) is 38.1 Å². The number of amides is 1. The van der Waals surface area contributed by atoms with E-state index in [0.29, 0.717) is 12.1 Å². The Morgan fingerprint density at radius 3 is 2.48 bits per heavy atom. The molecule has 0 bridgehead atoms. The summed E-state index contributed by atoms with van der Waals surface area (Å²) in [6, 6.07) is 4.31. The van der Waals surface area contributed by atoms with E-state index in [9.17, 15) is 22.8 Å². The number of hydrogen-bond acceptors (Lipinski definition) is 5. The zero-order valence-corrected chi connectivity index (χ0v) is 14.9. The van der Waals surface area contributed by atoms with E-state index in [4.69, 9.17) is 5.73 Å². The van der Waals surface area contributed by atoms with E-state index in [1.807, 2.05) is 0 Å². The highest BCUT2D eigenvalue weighted by Gasteiger charge is 2.34. The maximum Gasteiger partial charge on any atom is 0.573 e. The quantitative estimate of drug-likeness (QED) is 0.701. The monoisotopic (exact) mass is 388 g/mol. The molecule has 1 saturated carbocycles. The van der Waals surface area contributed by atoms with Crippen molar-refractivity contribution in [2.24, 2.45) is 17.6 Å². The number of ether oxygens (including phenoxy) is 2. The van der Waals surface area contributed by atoms with Gasteiger partial charge in [0.15, 0.2) is 0 Å². The number of nitrogens with two attached hydrogens (primary N) is 1. The molecule has 1 unspecified atom stereocenters. The fourth-order valence-corrected chi connectivity index (χ4v) is 3.35. The lowest BCUT2D eigenvalue weighted by atomic mass is 9.94. The zero-order valence-electron chi connectivity index (χ0n) is 14.9. The number of benzene rings is 1. The van der Waals surface area contributed by atoms with E-state index in [-0.39, 0.29) is 29.9 Å². The van der Waals surface area contributed by atoms with Crippen LogP contribution in [-0.4, -0.2) is 31.9 Å². The molecule has 3 atom stereocenters. The maximum absolute atomic E-state index is 12.6. The highest BCUT2D eigenvalue weighted by atomic mass is 19.4. The van der Waals surface area contributed by atoms with Crippen molar-refractivity contribution in [1.82, 2.24) is 5.32 Å². The lowest BCUT2D eigenvalue weighted by Crippen LogP contribution is -2.38. The Morgan fingerprint density at radius 1 is 1.26 bits per heavy atom. The van der Waals surface area contributed by atoms with Crippen molar-refractivity contribution in [3.8, 4) is 5.75 Å². The van der Waals surface area contributed by atoms with Crippen molar-refractivity contribution in [3.63, 3.8) is 0 Å². The minimum absolute atomic E-state index is 0.0892. The van der Waals surface area contributed by atoms with Crippen molar-refractivity contribution in [2.75, 3.05) is 13.7 Å². The number of carbonyl (C=O) groups excluding carboxylic acids is 2. The molecular weight excluding hydrogens is 365 g/mol. The van der Waals surface area contributed by atoms with Crippen LogP contribution in [-0.2, 0) is 14.3 Å². The molecule has 1 amide bonds. The second-order valence-electron chi connectivity index (χ2n) is 6.49. The van der Waals surface area contributed by atoms with Gasteiger partial charge in [-0.15, -0.1) is 13.2 Å². The van der Waals surface area contributed by atoms with Gasteiger partial charge in [-0.05, 0) is 43.0 Å². The highest BCUT2D eigenvalue weighted by molar-refractivity contribution is 5.81. The molecule has 1 aliphatic rings. The van der Waals surface area contributed by atoms with Gasteiger partial charge in [-0.25, -0.2) is 0 Å². The molecule has 2 rings (SSSR count). The van der Waals surface area contributed by atoms with Crippen LogP contribution in [0.3, 0.4) is 0 Å².